The van der Waals surface area contributed by atoms with E-state index in [-0.39, 0.29) is 4.84 Å². The SMILES string of the molecule is ClC(Cl)Cc1cccc(Br)c1. The van der Waals surface area contributed by atoms with Crippen LogP contribution in [-0.4, -0.2) is 4.84 Å². The maximum Gasteiger partial charge on any atom is 0.111 e. The molecule has 0 spiro atoms. The molecule has 0 unspecified atom stereocenters. The summed E-state index contributed by atoms with van der Waals surface area (Å²) in [6, 6.07) is 7.96. The second-order valence-electron chi connectivity index (χ2n) is 2.23. The van der Waals surface area contributed by atoms with Crippen LogP contribution in [0, 0.1) is 0 Å². The van der Waals surface area contributed by atoms with Gasteiger partial charge in [-0.3, -0.25) is 0 Å². The zero-order valence-corrected chi connectivity index (χ0v) is 8.83. The molecule has 0 saturated carbocycles. The third-order valence-electron chi connectivity index (χ3n) is 1.28. The zero-order valence-electron chi connectivity index (χ0n) is 5.73. The van der Waals surface area contributed by atoms with Crippen molar-refractivity contribution >= 4 is 39.1 Å². The van der Waals surface area contributed by atoms with Crippen molar-refractivity contribution in [3.05, 3.63) is 34.3 Å². The van der Waals surface area contributed by atoms with Crippen molar-refractivity contribution in [2.75, 3.05) is 0 Å². The molecule has 0 aromatic heterocycles. The maximum absolute atomic E-state index is 5.61. The molecule has 0 fully saturated rings. The summed E-state index contributed by atoms with van der Waals surface area (Å²) >= 11 is 14.6. The van der Waals surface area contributed by atoms with Crippen LogP contribution in [-0.2, 0) is 6.42 Å². The van der Waals surface area contributed by atoms with Gasteiger partial charge in [0.05, 0.1) is 0 Å². The molecule has 60 valence electrons. The molecule has 0 saturated heterocycles. The predicted molar refractivity (Wildman–Crippen MR) is 53.3 cm³/mol. The van der Waals surface area contributed by atoms with Crippen molar-refractivity contribution in [1.29, 1.82) is 0 Å². The zero-order chi connectivity index (χ0) is 8.27. The molecule has 0 aliphatic rings. The van der Waals surface area contributed by atoms with Crippen LogP contribution in [0.3, 0.4) is 0 Å². The van der Waals surface area contributed by atoms with Crippen molar-refractivity contribution in [3.8, 4) is 0 Å². The van der Waals surface area contributed by atoms with Gasteiger partial charge in [-0.2, -0.15) is 0 Å². The quantitative estimate of drug-likeness (QED) is 0.704. The van der Waals surface area contributed by atoms with E-state index in [1.165, 1.54) is 0 Å². The minimum Gasteiger partial charge on any atom is -0.105 e. The number of alkyl halides is 2. The minimum absolute atomic E-state index is 0.315. The molecule has 0 heterocycles. The lowest BCUT2D eigenvalue weighted by Crippen LogP contribution is -1.92. The van der Waals surface area contributed by atoms with E-state index >= 15 is 0 Å². The highest BCUT2D eigenvalue weighted by Gasteiger charge is 2.00. The van der Waals surface area contributed by atoms with Crippen LogP contribution in [0.2, 0.25) is 0 Å². The van der Waals surface area contributed by atoms with E-state index in [9.17, 15) is 0 Å². The standard InChI is InChI=1S/C8H7BrCl2/c9-7-3-1-2-6(4-7)5-8(10)11/h1-4,8H,5H2. The van der Waals surface area contributed by atoms with Gasteiger partial charge in [0.2, 0.25) is 0 Å². The molecule has 0 nitrogen and oxygen atoms in total. The Morgan fingerprint density at radius 3 is 2.64 bits per heavy atom. The van der Waals surface area contributed by atoms with Crippen LogP contribution in [0.25, 0.3) is 0 Å². The van der Waals surface area contributed by atoms with Crippen LogP contribution < -0.4 is 0 Å². The maximum atomic E-state index is 5.61. The van der Waals surface area contributed by atoms with Crippen LogP contribution in [0.4, 0.5) is 0 Å². The molecule has 1 aromatic rings. The summed E-state index contributed by atoms with van der Waals surface area (Å²) in [5.74, 6) is 0. The Kier molecular flexibility index (Phi) is 3.70. The number of hydrogen-bond donors (Lipinski definition) is 0. The van der Waals surface area contributed by atoms with E-state index in [0.717, 1.165) is 10.0 Å². The summed E-state index contributed by atoms with van der Waals surface area (Å²) < 4.78 is 1.06. The van der Waals surface area contributed by atoms with Gasteiger partial charge in [0.1, 0.15) is 4.84 Å². The summed E-state index contributed by atoms with van der Waals surface area (Å²) in [6.07, 6.45) is 0.697. The van der Waals surface area contributed by atoms with E-state index in [2.05, 4.69) is 15.9 Å². The van der Waals surface area contributed by atoms with E-state index in [4.69, 9.17) is 23.2 Å². The Hall–Kier alpha value is 0.280. The van der Waals surface area contributed by atoms with Gasteiger partial charge in [0.15, 0.2) is 0 Å². The van der Waals surface area contributed by atoms with Gasteiger partial charge < -0.3 is 0 Å². The number of hydrogen-bond acceptors (Lipinski definition) is 0. The fourth-order valence-corrected chi connectivity index (χ4v) is 1.65. The number of rotatable bonds is 2. The molecule has 0 amide bonds. The molecule has 1 rings (SSSR count). The second-order valence-corrected chi connectivity index (χ2v) is 4.42. The lowest BCUT2D eigenvalue weighted by molar-refractivity contribution is 1.08. The second kappa shape index (κ2) is 4.34. The average molecular weight is 254 g/mol. The number of benzene rings is 1. The highest BCUT2D eigenvalue weighted by molar-refractivity contribution is 9.10. The van der Waals surface area contributed by atoms with E-state index in [1.807, 2.05) is 24.3 Å². The Labute approximate surface area is 84.6 Å². The highest BCUT2D eigenvalue weighted by Crippen LogP contribution is 2.16. The van der Waals surface area contributed by atoms with Gasteiger partial charge in [-0.15, -0.1) is 23.2 Å². The van der Waals surface area contributed by atoms with Gasteiger partial charge in [-0.25, -0.2) is 0 Å². The summed E-state index contributed by atoms with van der Waals surface area (Å²) in [7, 11) is 0. The smallest absolute Gasteiger partial charge is 0.105 e. The molecule has 1 aromatic carbocycles. The van der Waals surface area contributed by atoms with Crippen LogP contribution >= 0.6 is 39.1 Å². The Bertz CT molecular complexity index is 235. The van der Waals surface area contributed by atoms with Crippen molar-refractivity contribution in [2.45, 2.75) is 11.3 Å². The monoisotopic (exact) mass is 252 g/mol. The van der Waals surface area contributed by atoms with Crippen molar-refractivity contribution < 1.29 is 0 Å². The molecular formula is C8H7BrCl2. The normalized spacial score (nSPS) is 10.5. The molecule has 0 N–H and O–H groups in total. The molecule has 0 aliphatic carbocycles. The fourth-order valence-electron chi connectivity index (χ4n) is 0.842. The first-order valence-corrected chi connectivity index (χ1v) is 4.87. The summed E-state index contributed by atoms with van der Waals surface area (Å²) in [5, 5.41) is 0. The van der Waals surface area contributed by atoms with Gasteiger partial charge in [0, 0.05) is 10.9 Å². The van der Waals surface area contributed by atoms with Crippen LogP contribution in [0.1, 0.15) is 5.56 Å². The third-order valence-corrected chi connectivity index (χ3v) is 2.08. The van der Waals surface area contributed by atoms with Crippen LogP contribution in [0.15, 0.2) is 28.7 Å². The van der Waals surface area contributed by atoms with Gasteiger partial charge in [-0.05, 0) is 17.7 Å². The summed E-state index contributed by atoms with van der Waals surface area (Å²) in [5.41, 5.74) is 1.15. The fraction of sp³-hybridized carbons (Fsp3) is 0.250. The first-order valence-electron chi connectivity index (χ1n) is 3.21. The number of halogens is 3. The third kappa shape index (κ3) is 3.46. The molecular weight excluding hydrogens is 247 g/mol. The topological polar surface area (TPSA) is 0 Å². The molecule has 0 atom stereocenters. The first kappa shape index (κ1) is 9.37. The van der Waals surface area contributed by atoms with E-state index in [1.54, 1.807) is 0 Å². The lowest BCUT2D eigenvalue weighted by Gasteiger charge is -2.00. The van der Waals surface area contributed by atoms with E-state index in [0.29, 0.717) is 6.42 Å². The Morgan fingerprint density at radius 2 is 2.09 bits per heavy atom. The average Bonchev–Trinajstić information content (AvgIpc) is 1.85. The van der Waals surface area contributed by atoms with E-state index < -0.39 is 0 Å². The summed E-state index contributed by atoms with van der Waals surface area (Å²) in [6.45, 7) is 0. The Morgan fingerprint density at radius 1 is 1.36 bits per heavy atom. The molecule has 0 radical (unpaired) electrons. The molecule has 3 heteroatoms. The molecule has 0 bridgehead atoms. The van der Waals surface area contributed by atoms with Gasteiger partial charge in [0.25, 0.3) is 0 Å². The summed E-state index contributed by atoms with van der Waals surface area (Å²) in [4.78, 5) is -0.315. The van der Waals surface area contributed by atoms with Gasteiger partial charge >= 0.3 is 0 Å². The van der Waals surface area contributed by atoms with Crippen molar-refractivity contribution in [2.24, 2.45) is 0 Å². The molecule has 11 heavy (non-hydrogen) atoms. The lowest BCUT2D eigenvalue weighted by atomic mass is 10.2. The minimum atomic E-state index is -0.315. The Balaban J connectivity index is 2.71. The van der Waals surface area contributed by atoms with Gasteiger partial charge in [-0.1, -0.05) is 28.1 Å². The van der Waals surface area contributed by atoms with Crippen LogP contribution in [0.5, 0.6) is 0 Å². The van der Waals surface area contributed by atoms with Crippen molar-refractivity contribution in [1.82, 2.24) is 0 Å². The highest BCUT2D eigenvalue weighted by atomic mass is 79.9. The largest absolute Gasteiger partial charge is 0.111 e. The predicted octanol–water partition coefficient (Wildman–Crippen LogP) is 3.80. The molecule has 0 aliphatic heterocycles. The first-order chi connectivity index (χ1) is 5.18. The van der Waals surface area contributed by atoms with Crippen molar-refractivity contribution in [3.63, 3.8) is 0 Å².